The lowest BCUT2D eigenvalue weighted by molar-refractivity contribution is 0.114. The van der Waals surface area contributed by atoms with E-state index in [-0.39, 0.29) is 5.89 Å². The Kier molecular flexibility index (Phi) is 4.47. The van der Waals surface area contributed by atoms with Crippen LogP contribution in [0.5, 0.6) is 0 Å². The van der Waals surface area contributed by atoms with E-state index in [2.05, 4.69) is 4.98 Å². The maximum Gasteiger partial charge on any atom is 0.225 e. The van der Waals surface area contributed by atoms with Gasteiger partial charge in [-0.25, -0.2) is 4.98 Å². The summed E-state index contributed by atoms with van der Waals surface area (Å²) in [5, 5.41) is 10.9. The molecule has 0 fully saturated rings. The van der Waals surface area contributed by atoms with Crippen LogP contribution in [0.25, 0.3) is 11.3 Å². The Morgan fingerprint density at radius 3 is 2.58 bits per heavy atom. The van der Waals surface area contributed by atoms with Crippen LogP contribution in [0.4, 0.5) is 0 Å². The number of hydrogen-bond acceptors (Lipinski definition) is 4. The molecule has 0 bridgehead atoms. The second kappa shape index (κ2) is 5.92. The molecular formula is C13H14Cl2N2O2. The van der Waals surface area contributed by atoms with Crippen LogP contribution in [0, 0.1) is 0 Å². The molecule has 0 aliphatic carbocycles. The largest absolute Gasteiger partial charge is 0.438 e. The van der Waals surface area contributed by atoms with Gasteiger partial charge in [0.15, 0.2) is 5.76 Å². The van der Waals surface area contributed by atoms with E-state index in [4.69, 9.17) is 33.4 Å². The smallest absolute Gasteiger partial charge is 0.225 e. The van der Waals surface area contributed by atoms with Crippen molar-refractivity contribution in [3.63, 3.8) is 0 Å². The summed E-state index contributed by atoms with van der Waals surface area (Å²) in [5.74, 6) is 0.577. The van der Waals surface area contributed by atoms with Gasteiger partial charge >= 0.3 is 0 Å². The van der Waals surface area contributed by atoms with Gasteiger partial charge in [0.25, 0.3) is 0 Å². The minimum Gasteiger partial charge on any atom is -0.438 e. The molecule has 1 heterocycles. The standard InChI is InChI=1S/C13H14Cl2N2O2/c1-2-9(16)12(18)13-17-6-10(19-13)11-7(14)4-3-5-8(11)15/h3-6,9,12,18H,2,16H2,1H3. The average Bonchev–Trinajstić information content (AvgIpc) is 2.86. The van der Waals surface area contributed by atoms with E-state index in [1.54, 1.807) is 18.2 Å². The Labute approximate surface area is 121 Å². The number of aromatic nitrogens is 1. The number of nitrogens with zero attached hydrogens (tertiary/aromatic N) is 1. The summed E-state index contributed by atoms with van der Waals surface area (Å²) in [5.41, 5.74) is 6.31. The van der Waals surface area contributed by atoms with Crippen molar-refractivity contribution in [3.05, 3.63) is 40.3 Å². The van der Waals surface area contributed by atoms with Crippen LogP contribution >= 0.6 is 23.2 Å². The summed E-state index contributed by atoms with van der Waals surface area (Å²) in [6.45, 7) is 1.88. The number of nitrogens with two attached hydrogens (primary N) is 1. The number of aliphatic hydroxyl groups excluding tert-OH is 1. The molecule has 19 heavy (non-hydrogen) atoms. The zero-order valence-corrected chi connectivity index (χ0v) is 11.8. The number of halogens is 2. The van der Waals surface area contributed by atoms with Gasteiger partial charge in [-0.1, -0.05) is 36.2 Å². The van der Waals surface area contributed by atoms with Crippen molar-refractivity contribution in [2.24, 2.45) is 5.73 Å². The van der Waals surface area contributed by atoms with Gasteiger partial charge in [-0.3, -0.25) is 0 Å². The molecule has 0 amide bonds. The first kappa shape index (κ1) is 14.3. The third-order valence-corrected chi connectivity index (χ3v) is 3.49. The third-order valence-electron chi connectivity index (χ3n) is 2.86. The van der Waals surface area contributed by atoms with Crippen LogP contribution in [0.3, 0.4) is 0 Å². The van der Waals surface area contributed by atoms with Crippen molar-refractivity contribution in [1.82, 2.24) is 4.98 Å². The molecule has 0 spiro atoms. The Balaban J connectivity index is 2.36. The maximum atomic E-state index is 9.94. The van der Waals surface area contributed by atoms with E-state index in [0.29, 0.717) is 27.8 Å². The lowest BCUT2D eigenvalue weighted by Crippen LogP contribution is -2.27. The average molecular weight is 301 g/mol. The van der Waals surface area contributed by atoms with Crippen LogP contribution in [0.15, 0.2) is 28.8 Å². The highest BCUT2D eigenvalue weighted by molar-refractivity contribution is 6.39. The molecule has 0 aliphatic rings. The molecule has 1 aromatic carbocycles. The summed E-state index contributed by atoms with van der Waals surface area (Å²) >= 11 is 12.2. The van der Waals surface area contributed by atoms with Crippen LogP contribution < -0.4 is 5.73 Å². The van der Waals surface area contributed by atoms with E-state index < -0.39 is 12.1 Å². The van der Waals surface area contributed by atoms with Crippen molar-refractivity contribution >= 4 is 23.2 Å². The molecule has 1 aromatic heterocycles. The van der Waals surface area contributed by atoms with Crippen molar-refractivity contribution in [3.8, 4) is 11.3 Å². The van der Waals surface area contributed by atoms with Crippen LogP contribution in [-0.4, -0.2) is 16.1 Å². The van der Waals surface area contributed by atoms with E-state index in [9.17, 15) is 5.11 Å². The molecule has 3 N–H and O–H groups in total. The van der Waals surface area contributed by atoms with Crippen LogP contribution in [-0.2, 0) is 0 Å². The first-order valence-electron chi connectivity index (χ1n) is 5.88. The fourth-order valence-corrected chi connectivity index (χ4v) is 2.26. The van der Waals surface area contributed by atoms with E-state index in [1.807, 2.05) is 6.92 Å². The normalized spacial score (nSPS) is 14.4. The number of oxazole rings is 1. The molecular weight excluding hydrogens is 287 g/mol. The summed E-state index contributed by atoms with van der Waals surface area (Å²) < 4.78 is 5.51. The first-order chi connectivity index (χ1) is 9.04. The van der Waals surface area contributed by atoms with E-state index in [1.165, 1.54) is 6.20 Å². The molecule has 4 nitrogen and oxygen atoms in total. The minimum absolute atomic E-state index is 0.167. The van der Waals surface area contributed by atoms with E-state index in [0.717, 1.165) is 0 Å². The summed E-state index contributed by atoms with van der Waals surface area (Å²) in [7, 11) is 0. The molecule has 0 saturated heterocycles. The Hall–Kier alpha value is -1.07. The molecule has 0 radical (unpaired) electrons. The minimum atomic E-state index is -0.944. The zero-order valence-electron chi connectivity index (χ0n) is 10.3. The predicted octanol–water partition coefficient (Wildman–Crippen LogP) is 3.42. The van der Waals surface area contributed by atoms with Gasteiger partial charge in [0.1, 0.15) is 6.10 Å². The number of aliphatic hydroxyl groups is 1. The summed E-state index contributed by atoms with van der Waals surface area (Å²) in [6, 6.07) is 4.74. The van der Waals surface area contributed by atoms with Crippen molar-refractivity contribution in [1.29, 1.82) is 0 Å². The highest BCUT2D eigenvalue weighted by Crippen LogP contribution is 2.35. The Bertz CT molecular complexity index is 551. The first-order valence-corrected chi connectivity index (χ1v) is 6.64. The second-order valence-corrected chi connectivity index (χ2v) is 4.99. The maximum absolute atomic E-state index is 9.94. The third kappa shape index (κ3) is 2.92. The topological polar surface area (TPSA) is 72.3 Å². The zero-order chi connectivity index (χ0) is 14.0. The second-order valence-electron chi connectivity index (χ2n) is 4.18. The quantitative estimate of drug-likeness (QED) is 0.907. The van der Waals surface area contributed by atoms with E-state index >= 15 is 0 Å². The molecule has 0 saturated carbocycles. The van der Waals surface area contributed by atoms with Gasteiger partial charge in [0, 0.05) is 6.04 Å². The number of hydrogen-bond donors (Lipinski definition) is 2. The fourth-order valence-electron chi connectivity index (χ4n) is 1.68. The lowest BCUT2D eigenvalue weighted by Gasteiger charge is -2.13. The molecule has 2 atom stereocenters. The lowest BCUT2D eigenvalue weighted by atomic mass is 10.1. The number of rotatable bonds is 4. The van der Waals surface area contributed by atoms with Gasteiger partial charge in [0.2, 0.25) is 5.89 Å². The van der Waals surface area contributed by atoms with Crippen LogP contribution in [0.1, 0.15) is 25.3 Å². The molecule has 0 aliphatic heterocycles. The predicted molar refractivity (Wildman–Crippen MR) is 75.2 cm³/mol. The molecule has 6 heteroatoms. The fraction of sp³-hybridized carbons (Fsp3) is 0.308. The summed E-state index contributed by atoms with van der Waals surface area (Å²) in [6.07, 6.45) is 1.15. The Morgan fingerprint density at radius 1 is 1.37 bits per heavy atom. The van der Waals surface area contributed by atoms with Gasteiger partial charge in [-0.15, -0.1) is 0 Å². The molecule has 102 valence electrons. The van der Waals surface area contributed by atoms with Crippen molar-refractivity contribution in [2.45, 2.75) is 25.5 Å². The highest BCUT2D eigenvalue weighted by Gasteiger charge is 2.22. The van der Waals surface area contributed by atoms with Crippen molar-refractivity contribution in [2.75, 3.05) is 0 Å². The van der Waals surface area contributed by atoms with Crippen LogP contribution in [0.2, 0.25) is 10.0 Å². The van der Waals surface area contributed by atoms with Gasteiger partial charge < -0.3 is 15.3 Å². The molecule has 2 aromatic rings. The number of benzene rings is 1. The molecule has 2 unspecified atom stereocenters. The molecule has 2 rings (SSSR count). The summed E-state index contributed by atoms with van der Waals surface area (Å²) in [4.78, 5) is 4.03. The van der Waals surface area contributed by atoms with Gasteiger partial charge in [-0.05, 0) is 18.6 Å². The van der Waals surface area contributed by atoms with Gasteiger partial charge in [-0.2, -0.15) is 0 Å². The van der Waals surface area contributed by atoms with Gasteiger partial charge in [0.05, 0.1) is 21.8 Å². The van der Waals surface area contributed by atoms with Crippen molar-refractivity contribution < 1.29 is 9.52 Å². The highest BCUT2D eigenvalue weighted by atomic mass is 35.5. The SMILES string of the molecule is CCC(N)C(O)c1ncc(-c2c(Cl)cccc2Cl)o1. The Morgan fingerprint density at radius 2 is 2.00 bits per heavy atom. The monoisotopic (exact) mass is 300 g/mol.